The van der Waals surface area contributed by atoms with Crippen molar-refractivity contribution in [3.63, 3.8) is 0 Å². The minimum absolute atomic E-state index is 0.200. The molecule has 1 unspecified atom stereocenters. The minimum Gasteiger partial charge on any atom is -0.337 e. The van der Waals surface area contributed by atoms with Crippen molar-refractivity contribution in [2.24, 2.45) is 19.8 Å². The highest BCUT2D eigenvalue weighted by atomic mass is 15.6. The van der Waals surface area contributed by atoms with Gasteiger partial charge in [0.25, 0.3) is 0 Å². The lowest BCUT2D eigenvalue weighted by atomic mass is 10.2. The van der Waals surface area contributed by atoms with Gasteiger partial charge >= 0.3 is 0 Å². The van der Waals surface area contributed by atoms with E-state index in [2.05, 4.69) is 20.4 Å². The average Bonchev–Trinajstić information content (AvgIpc) is 2.75. The number of nitrogens with zero attached hydrogens (tertiary/aromatic N) is 6. The molecule has 2 aromatic rings. The summed E-state index contributed by atoms with van der Waals surface area (Å²) in [6.07, 6.45) is 4.12. The molecule has 0 fully saturated rings. The second-order valence-corrected chi connectivity index (χ2v) is 3.40. The molecule has 0 saturated heterocycles. The number of imidazole rings is 1. The summed E-state index contributed by atoms with van der Waals surface area (Å²) in [6, 6.07) is -0.200. The maximum Gasteiger partial charge on any atom is 0.176 e. The number of aryl methyl sites for hydroxylation is 2. The van der Waals surface area contributed by atoms with Crippen molar-refractivity contribution in [1.82, 2.24) is 29.8 Å². The van der Waals surface area contributed by atoms with Crippen molar-refractivity contribution in [3.05, 3.63) is 24.0 Å². The lowest BCUT2D eigenvalue weighted by Crippen LogP contribution is -2.18. The zero-order valence-electron chi connectivity index (χ0n) is 8.70. The average molecular weight is 207 g/mol. The number of rotatable bonds is 3. The molecule has 7 nitrogen and oxygen atoms in total. The first-order valence-electron chi connectivity index (χ1n) is 4.62. The highest BCUT2D eigenvalue weighted by Crippen LogP contribution is 2.10. The van der Waals surface area contributed by atoms with E-state index in [1.807, 2.05) is 17.8 Å². The van der Waals surface area contributed by atoms with E-state index >= 15 is 0 Å². The Morgan fingerprint density at radius 3 is 2.80 bits per heavy atom. The highest BCUT2D eigenvalue weighted by Gasteiger charge is 2.14. The molecule has 0 aliphatic heterocycles. The Kier molecular flexibility index (Phi) is 2.46. The zero-order chi connectivity index (χ0) is 10.8. The second-order valence-electron chi connectivity index (χ2n) is 3.40. The van der Waals surface area contributed by atoms with Gasteiger partial charge in [0.05, 0.1) is 13.1 Å². The van der Waals surface area contributed by atoms with Crippen molar-refractivity contribution in [2.45, 2.75) is 12.5 Å². The molecule has 2 rings (SSSR count). The van der Waals surface area contributed by atoms with Gasteiger partial charge in [0.2, 0.25) is 0 Å². The molecule has 2 heterocycles. The molecule has 2 aromatic heterocycles. The highest BCUT2D eigenvalue weighted by molar-refractivity contribution is 5.00. The van der Waals surface area contributed by atoms with Crippen LogP contribution in [0.5, 0.6) is 0 Å². The minimum atomic E-state index is -0.200. The molecule has 2 N–H and O–H groups in total. The Balaban J connectivity index is 2.10. The molecule has 80 valence electrons. The van der Waals surface area contributed by atoms with E-state index in [0.717, 1.165) is 5.82 Å². The predicted molar refractivity (Wildman–Crippen MR) is 52.6 cm³/mol. The van der Waals surface area contributed by atoms with Gasteiger partial charge in [0, 0.05) is 25.9 Å². The van der Waals surface area contributed by atoms with Crippen molar-refractivity contribution >= 4 is 0 Å². The molecular formula is C8H13N7. The van der Waals surface area contributed by atoms with Gasteiger partial charge in [-0.25, -0.2) is 4.98 Å². The monoisotopic (exact) mass is 207 g/mol. The van der Waals surface area contributed by atoms with Crippen LogP contribution < -0.4 is 5.73 Å². The van der Waals surface area contributed by atoms with Crippen molar-refractivity contribution in [3.8, 4) is 0 Å². The molecule has 0 radical (unpaired) electrons. The Bertz CT molecular complexity index is 443. The number of nitrogens with two attached hydrogens (primary N) is 1. The van der Waals surface area contributed by atoms with Gasteiger partial charge in [0.15, 0.2) is 5.82 Å². The standard InChI is InChI=1S/C8H13N7/c1-14-4-3-10-8(14)6(9)5-7-11-13-15(2)12-7/h3-4,6H,5,9H2,1-2H3. The summed E-state index contributed by atoms with van der Waals surface area (Å²) in [7, 11) is 3.63. The number of hydrogen-bond acceptors (Lipinski definition) is 5. The van der Waals surface area contributed by atoms with Crippen LogP contribution in [0, 0.1) is 0 Å². The summed E-state index contributed by atoms with van der Waals surface area (Å²) in [6.45, 7) is 0. The van der Waals surface area contributed by atoms with Crippen LogP contribution in [0.1, 0.15) is 17.7 Å². The Hall–Kier alpha value is -1.76. The maximum atomic E-state index is 5.98. The van der Waals surface area contributed by atoms with Crippen LogP contribution in [0.15, 0.2) is 12.4 Å². The summed E-state index contributed by atoms with van der Waals surface area (Å²) >= 11 is 0. The lowest BCUT2D eigenvalue weighted by molar-refractivity contribution is 0.602. The maximum absolute atomic E-state index is 5.98. The van der Waals surface area contributed by atoms with Crippen LogP contribution in [-0.4, -0.2) is 29.8 Å². The fraction of sp³-hybridized carbons (Fsp3) is 0.500. The van der Waals surface area contributed by atoms with Crippen molar-refractivity contribution in [1.29, 1.82) is 0 Å². The van der Waals surface area contributed by atoms with Crippen LogP contribution in [-0.2, 0) is 20.5 Å². The summed E-state index contributed by atoms with van der Waals surface area (Å²) in [5, 5.41) is 11.7. The zero-order valence-corrected chi connectivity index (χ0v) is 8.70. The SMILES string of the molecule is Cn1nnc(CC(N)c2nccn2C)n1. The van der Waals surface area contributed by atoms with E-state index in [4.69, 9.17) is 5.73 Å². The Morgan fingerprint density at radius 2 is 2.27 bits per heavy atom. The number of aromatic nitrogens is 6. The van der Waals surface area contributed by atoms with Crippen LogP contribution in [0.3, 0.4) is 0 Å². The van der Waals surface area contributed by atoms with Crippen molar-refractivity contribution < 1.29 is 0 Å². The van der Waals surface area contributed by atoms with E-state index in [-0.39, 0.29) is 6.04 Å². The summed E-state index contributed by atoms with van der Waals surface area (Å²) in [5.41, 5.74) is 5.98. The summed E-state index contributed by atoms with van der Waals surface area (Å²) in [5.74, 6) is 1.45. The van der Waals surface area contributed by atoms with Crippen molar-refractivity contribution in [2.75, 3.05) is 0 Å². The molecule has 0 aromatic carbocycles. The van der Waals surface area contributed by atoms with Gasteiger partial charge in [-0.1, -0.05) is 0 Å². The van der Waals surface area contributed by atoms with Gasteiger partial charge < -0.3 is 10.3 Å². The van der Waals surface area contributed by atoms with Gasteiger partial charge in [-0.15, -0.1) is 10.2 Å². The first-order valence-corrected chi connectivity index (χ1v) is 4.62. The molecular weight excluding hydrogens is 194 g/mol. The summed E-state index contributed by atoms with van der Waals surface area (Å²) in [4.78, 5) is 5.59. The third kappa shape index (κ3) is 2.01. The molecule has 7 heteroatoms. The fourth-order valence-electron chi connectivity index (χ4n) is 1.43. The third-order valence-corrected chi connectivity index (χ3v) is 2.14. The molecule has 0 spiro atoms. The molecule has 0 aliphatic carbocycles. The Morgan fingerprint density at radius 1 is 1.47 bits per heavy atom. The first kappa shape index (κ1) is 9.78. The molecule has 0 bridgehead atoms. The lowest BCUT2D eigenvalue weighted by Gasteiger charge is -2.08. The third-order valence-electron chi connectivity index (χ3n) is 2.14. The van der Waals surface area contributed by atoms with Gasteiger partial charge in [-0.05, 0) is 5.21 Å². The largest absolute Gasteiger partial charge is 0.337 e. The fourth-order valence-corrected chi connectivity index (χ4v) is 1.43. The summed E-state index contributed by atoms with van der Waals surface area (Å²) < 4.78 is 1.89. The first-order chi connectivity index (χ1) is 7.16. The van der Waals surface area contributed by atoms with Gasteiger partial charge in [-0.2, -0.15) is 4.80 Å². The molecule has 0 amide bonds. The number of hydrogen-bond donors (Lipinski definition) is 1. The van der Waals surface area contributed by atoms with Crippen LogP contribution in [0.25, 0.3) is 0 Å². The Labute approximate surface area is 86.9 Å². The van der Waals surface area contributed by atoms with Crippen LogP contribution >= 0.6 is 0 Å². The quantitative estimate of drug-likeness (QED) is 0.711. The second kappa shape index (κ2) is 3.77. The molecule has 15 heavy (non-hydrogen) atoms. The van der Waals surface area contributed by atoms with E-state index < -0.39 is 0 Å². The smallest absolute Gasteiger partial charge is 0.176 e. The van der Waals surface area contributed by atoms with E-state index in [1.54, 1.807) is 13.2 Å². The van der Waals surface area contributed by atoms with Crippen LogP contribution in [0.4, 0.5) is 0 Å². The number of tetrazole rings is 1. The van der Waals surface area contributed by atoms with E-state index in [0.29, 0.717) is 12.2 Å². The topological polar surface area (TPSA) is 87.4 Å². The van der Waals surface area contributed by atoms with E-state index in [1.165, 1.54) is 4.80 Å². The molecule has 0 aliphatic rings. The van der Waals surface area contributed by atoms with Gasteiger partial charge in [0.1, 0.15) is 5.82 Å². The van der Waals surface area contributed by atoms with Gasteiger partial charge in [-0.3, -0.25) is 0 Å². The van der Waals surface area contributed by atoms with E-state index in [9.17, 15) is 0 Å². The molecule has 1 atom stereocenters. The van der Waals surface area contributed by atoms with Crippen LogP contribution in [0.2, 0.25) is 0 Å². The normalized spacial score (nSPS) is 13.0. The molecule has 0 saturated carbocycles. The predicted octanol–water partition coefficient (Wildman–Crippen LogP) is -0.814.